The number of ether oxygens (including phenoxy) is 1. The Morgan fingerprint density at radius 3 is 2.57 bits per heavy atom. The van der Waals surface area contributed by atoms with Crippen molar-refractivity contribution in [1.29, 1.82) is 0 Å². The predicted molar refractivity (Wildman–Crippen MR) is 137 cm³/mol. The number of imidazole rings is 1. The van der Waals surface area contributed by atoms with Gasteiger partial charge < -0.3 is 19.5 Å². The van der Waals surface area contributed by atoms with E-state index in [1.807, 2.05) is 38.7 Å². The van der Waals surface area contributed by atoms with Crippen molar-refractivity contribution in [3.05, 3.63) is 24.2 Å². The summed E-state index contributed by atoms with van der Waals surface area (Å²) in [6, 6.07) is 4.25. The van der Waals surface area contributed by atoms with Gasteiger partial charge in [0.25, 0.3) is 0 Å². The van der Waals surface area contributed by atoms with Gasteiger partial charge in [-0.1, -0.05) is 12.8 Å². The highest BCUT2D eigenvalue weighted by Crippen LogP contribution is 2.31. The number of rotatable bonds is 3. The fourth-order valence-electron chi connectivity index (χ4n) is 5.15. The van der Waals surface area contributed by atoms with Crippen LogP contribution in [-0.2, 0) is 11.8 Å². The van der Waals surface area contributed by atoms with E-state index in [1.165, 1.54) is 25.7 Å². The lowest BCUT2D eigenvalue weighted by Crippen LogP contribution is -2.42. The van der Waals surface area contributed by atoms with E-state index < -0.39 is 5.60 Å². The molecule has 9 heteroatoms. The third kappa shape index (κ3) is 5.13. The zero-order valence-electron chi connectivity index (χ0n) is 21.4. The van der Waals surface area contributed by atoms with Crippen LogP contribution >= 0.6 is 0 Å². The van der Waals surface area contributed by atoms with Gasteiger partial charge in [0.15, 0.2) is 5.65 Å². The second-order valence-corrected chi connectivity index (χ2v) is 10.9. The highest BCUT2D eigenvalue weighted by atomic mass is 16.6. The second-order valence-electron chi connectivity index (χ2n) is 10.9. The van der Waals surface area contributed by atoms with Crippen molar-refractivity contribution in [3.63, 3.8) is 0 Å². The average molecular weight is 480 g/mol. The van der Waals surface area contributed by atoms with Crippen LogP contribution in [0.5, 0.6) is 0 Å². The maximum absolute atomic E-state index is 12.6. The van der Waals surface area contributed by atoms with Gasteiger partial charge in [-0.2, -0.15) is 5.10 Å². The molecule has 5 rings (SSSR count). The van der Waals surface area contributed by atoms with E-state index in [9.17, 15) is 4.79 Å². The van der Waals surface area contributed by atoms with E-state index in [1.54, 1.807) is 4.90 Å². The lowest BCUT2D eigenvalue weighted by Gasteiger charge is -2.33. The highest BCUT2D eigenvalue weighted by Gasteiger charge is 2.30. The zero-order chi connectivity index (χ0) is 24.6. The Morgan fingerprint density at radius 2 is 1.83 bits per heavy atom. The summed E-state index contributed by atoms with van der Waals surface area (Å²) in [5.74, 6) is 2.06. The van der Waals surface area contributed by atoms with E-state index >= 15 is 0 Å². The Kier molecular flexibility index (Phi) is 6.42. The third-order valence-corrected chi connectivity index (χ3v) is 6.90. The summed E-state index contributed by atoms with van der Waals surface area (Å²) in [6.45, 7) is 9.14. The van der Waals surface area contributed by atoms with Crippen LogP contribution in [0.4, 0.5) is 10.6 Å². The van der Waals surface area contributed by atoms with E-state index in [0.29, 0.717) is 6.54 Å². The van der Waals surface area contributed by atoms with E-state index in [4.69, 9.17) is 19.8 Å². The summed E-state index contributed by atoms with van der Waals surface area (Å²) in [7, 11) is 1.94. The molecule has 1 amide bonds. The van der Waals surface area contributed by atoms with Gasteiger partial charge >= 0.3 is 6.09 Å². The Labute approximate surface area is 206 Å². The Balaban J connectivity index is 1.35. The smallest absolute Gasteiger partial charge is 0.410 e. The van der Waals surface area contributed by atoms with Crippen LogP contribution in [0.3, 0.4) is 0 Å². The molecule has 3 aromatic heterocycles. The number of anilines is 1. The second kappa shape index (κ2) is 9.51. The van der Waals surface area contributed by atoms with Crippen molar-refractivity contribution in [2.45, 2.75) is 70.8 Å². The molecule has 0 saturated carbocycles. The molecule has 0 radical (unpaired) electrons. The maximum atomic E-state index is 12.6. The normalized spacial score (nSPS) is 19.7. The number of pyridine rings is 1. The van der Waals surface area contributed by atoms with Crippen LogP contribution in [0.1, 0.15) is 71.0 Å². The molecule has 3 aromatic rings. The zero-order valence-corrected chi connectivity index (χ0v) is 21.4. The molecular formula is C26H37N7O2. The number of likely N-dealkylation sites (tertiary alicyclic amines) is 1. The molecule has 2 aliphatic rings. The van der Waals surface area contributed by atoms with Crippen molar-refractivity contribution >= 4 is 22.9 Å². The SMILES string of the molecule is Cn1nc(-c2c[nH]c(C3CCCN(C(=O)OC(C)(C)C)C3)n2)c2ccc(N3CCCCCC3)nc21. The number of hydrogen-bond donors (Lipinski definition) is 1. The van der Waals surface area contributed by atoms with Gasteiger partial charge in [0.2, 0.25) is 0 Å². The number of aromatic nitrogens is 5. The predicted octanol–water partition coefficient (Wildman–Crippen LogP) is 4.85. The number of H-pyrrole nitrogens is 1. The first kappa shape index (κ1) is 23.6. The molecule has 1 unspecified atom stereocenters. The van der Waals surface area contributed by atoms with Gasteiger partial charge in [-0.15, -0.1) is 0 Å². The standard InChI is InChI=1S/C26H37N7O2/c1-26(2,3)35-25(34)33-15-9-10-18(17-33)23-27-16-20(28-23)22-19-11-12-21(29-24(19)31(4)30-22)32-13-7-5-6-8-14-32/h11-12,16,18H,5-10,13-15,17H2,1-4H3,(H,27,28). The van der Waals surface area contributed by atoms with Crippen molar-refractivity contribution in [1.82, 2.24) is 29.6 Å². The molecule has 5 heterocycles. The van der Waals surface area contributed by atoms with Gasteiger partial charge in [0.1, 0.15) is 28.6 Å². The molecule has 188 valence electrons. The number of piperidine rings is 1. The molecule has 0 bridgehead atoms. The summed E-state index contributed by atoms with van der Waals surface area (Å²) in [6.07, 6.45) is 8.62. The first-order chi connectivity index (χ1) is 16.8. The monoisotopic (exact) mass is 479 g/mol. The number of carbonyl (C=O) groups is 1. The third-order valence-electron chi connectivity index (χ3n) is 6.90. The largest absolute Gasteiger partial charge is 0.444 e. The van der Waals surface area contributed by atoms with E-state index in [2.05, 4.69) is 22.0 Å². The number of aryl methyl sites for hydroxylation is 1. The summed E-state index contributed by atoms with van der Waals surface area (Å²) >= 11 is 0. The van der Waals surface area contributed by atoms with Crippen molar-refractivity contribution in [3.8, 4) is 11.4 Å². The fourth-order valence-corrected chi connectivity index (χ4v) is 5.15. The van der Waals surface area contributed by atoms with Crippen LogP contribution in [-0.4, -0.2) is 67.5 Å². The molecule has 0 aromatic carbocycles. The highest BCUT2D eigenvalue weighted by molar-refractivity contribution is 5.91. The molecule has 2 saturated heterocycles. The van der Waals surface area contributed by atoms with E-state index in [-0.39, 0.29) is 12.0 Å². The van der Waals surface area contributed by atoms with Gasteiger partial charge in [0.05, 0.1) is 0 Å². The molecule has 0 spiro atoms. The van der Waals surface area contributed by atoms with Gasteiger partial charge in [0, 0.05) is 50.7 Å². The van der Waals surface area contributed by atoms with Crippen molar-refractivity contribution in [2.75, 3.05) is 31.1 Å². The summed E-state index contributed by atoms with van der Waals surface area (Å²) in [5, 5.41) is 5.78. The molecule has 2 aliphatic heterocycles. The van der Waals surface area contributed by atoms with Gasteiger partial charge in [-0.25, -0.2) is 19.4 Å². The lowest BCUT2D eigenvalue weighted by molar-refractivity contribution is 0.0196. The van der Waals surface area contributed by atoms with Crippen LogP contribution in [0.15, 0.2) is 18.3 Å². The quantitative estimate of drug-likeness (QED) is 0.577. The van der Waals surface area contributed by atoms with Gasteiger partial charge in [-0.05, 0) is 58.6 Å². The topological polar surface area (TPSA) is 92.2 Å². The van der Waals surface area contributed by atoms with Crippen molar-refractivity contribution < 1.29 is 9.53 Å². The maximum Gasteiger partial charge on any atom is 0.410 e. The summed E-state index contributed by atoms with van der Waals surface area (Å²) in [5.41, 5.74) is 2.02. The van der Waals surface area contributed by atoms with Crippen LogP contribution in [0.25, 0.3) is 22.4 Å². The molecule has 0 aliphatic carbocycles. The minimum absolute atomic E-state index is 0.146. The number of aromatic amines is 1. The van der Waals surface area contributed by atoms with Crippen LogP contribution in [0.2, 0.25) is 0 Å². The Hall–Kier alpha value is -3.10. The molecule has 1 N–H and O–H groups in total. The van der Waals surface area contributed by atoms with Crippen molar-refractivity contribution in [2.24, 2.45) is 7.05 Å². The van der Waals surface area contributed by atoms with Gasteiger partial charge in [-0.3, -0.25) is 0 Å². The minimum atomic E-state index is -0.497. The first-order valence-electron chi connectivity index (χ1n) is 12.9. The number of hydrogen-bond acceptors (Lipinski definition) is 6. The van der Waals surface area contributed by atoms with Crippen LogP contribution < -0.4 is 4.90 Å². The molecule has 2 fully saturated rings. The first-order valence-corrected chi connectivity index (χ1v) is 12.9. The Bertz CT molecular complexity index is 1180. The number of carbonyl (C=O) groups excluding carboxylic acids is 1. The van der Waals surface area contributed by atoms with E-state index in [0.717, 1.165) is 66.5 Å². The molecular weight excluding hydrogens is 442 g/mol. The number of fused-ring (bicyclic) bond motifs is 1. The van der Waals surface area contributed by atoms with Crippen LogP contribution in [0, 0.1) is 0 Å². The fraction of sp³-hybridized carbons (Fsp3) is 0.615. The number of nitrogens with zero attached hydrogens (tertiary/aromatic N) is 6. The number of amides is 1. The summed E-state index contributed by atoms with van der Waals surface area (Å²) < 4.78 is 7.43. The lowest BCUT2D eigenvalue weighted by atomic mass is 9.98. The minimum Gasteiger partial charge on any atom is -0.444 e. The summed E-state index contributed by atoms with van der Waals surface area (Å²) in [4.78, 5) is 30.0. The molecule has 35 heavy (non-hydrogen) atoms. The molecule has 1 atom stereocenters. The number of nitrogens with one attached hydrogen (secondary N) is 1. The molecule has 9 nitrogen and oxygen atoms in total. The average Bonchev–Trinajstić information content (AvgIpc) is 3.33. The Morgan fingerprint density at radius 1 is 1.06 bits per heavy atom.